The molecule has 0 unspecified atom stereocenters. The second kappa shape index (κ2) is 7.71. The number of nitriles is 1. The Morgan fingerprint density at radius 1 is 1.31 bits per heavy atom. The van der Waals surface area contributed by atoms with Gasteiger partial charge in [-0.15, -0.1) is 10.2 Å². The van der Waals surface area contributed by atoms with E-state index in [1.807, 2.05) is 6.07 Å². The van der Waals surface area contributed by atoms with Gasteiger partial charge >= 0.3 is 0 Å². The Labute approximate surface area is 149 Å². The van der Waals surface area contributed by atoms with E-state index in [4.69, 9.17) is 14.4 Å². The normalized spacial score (nSPS) is 10.5. The number of halogens is 2. The third kappa shape index (κ3) is 4.01. The molecule has 0 bridgehead atoms. The van der Waals surface area contributed by atoms with Crippen molar-refractivity contribution in [3.63, 3.8) is 0 Å². The standard InChI is InChI=1S/C16H10F2N4O3S/c17-13(18)15-21-22-16(26-15)20-14(23)12-6-5-10(25-12)8-24-11-4-2-1-3-9(11)7-19/h1-6,13H,8H2,(H,20,22,23). The lowest BCUT2D eigenvalue weighted by Crippen LogP contribution is -2.10. The highest BCUT2D eigenvalue weighted by molar-refractivity contribution is 7.15. The molecular weight excluding hydrogens is 366 g/mol. The molecule has 0 spiro atoms. The summed E-state index contributed by atoms with van der Waals surface area (Å²) in [5.41, 5.74) is 0.378. The molecule has 1 amide bonds. The molecule has 0 atom stereocenters. The van der Waals surface area contributed by atoms with Gasteiger partial charge in [0.2, 0.25) is 5.13 Å². The first-order valence-corrected chi connectivity index (χ1v) is 8.02. The molecule has 10 heteroatoms. The quantitative estimate of drug-likeness (QED) is 0.703. The van der Waals surface area contributed by atoms with Crippen LogP contribution in [0.15, 0.2) is 40.8 Å². The molecule has 0 fully saturated rings. The highest BCUT2D eigenvalue weighted by atomic mass is 32.1. The van der Waals surface area contributed by atoms with Gasteiger partial charge in [-0.25, -0.2) is 8.78 Å². The third-order valence-corrected chi connectivity index (χ3v) is 3.96. The van der Waals surface area contributed by atoms with Crippen molar-refractivity contribution in [3.05, 3.63) is 58.5 Å². The van der Waals surface area contributed by atoms with Crippen molar-refractivity contribution in [3.8, 4) is 11.8 Å². The predicted octanol–water partition coefficient (Wildman–Crippen LogP) is 3.77. The van der Waals surface area contributed by atoms with Crippen LogP contribution in [0, 0.1) is 11.3 Å². The van der Waals surface area contributed by atoms with Crippen LogP contribution in [0.3, 0.4) is 0 Å². The Hall–Kier alpha value is -3.32. The van der Waals surface area contributed by atoms with E-state index in [0.29, 0.717) is 28.4 Å². The second-order valence-corrected chi connectivity index (χ2v) is 5.87. The Morgan fingerprint density at radius 3 is 2.85 bits per heavy atom. The fraction of sp³-hybridized carbons (Fsp3) is 0.125. The van der Waals surface area contributed by atoms with E-state index in [-0.39, 0.29) is 17.5 Å². The van der Waals surface area contributed by atoms with Crippen molar-refractivity contribution in [2.24, 2.45) is 0 Å². The van der Waals surface area contributed by atoms with Gasteiger partial charge in [-0.3, -0.25) is 10.1 Å². The topological polar surface area (TPSA) is 101 Å². The summed E-state index contributed by atoms with van der Waals surface area (Å²) in [6.07, 6.45) is -2.75. The number of rotatable bonds is 6. The van der Waals surface area contributed by atoms with Gasteiger partial charge in [-0.05, 0) is 24.3 Å². The molecule has 2 heterocycles. The molecular formula is C16H10F2N4O3S. The Balaban J connectivity index is 1.62. The van der Waals surface area contributed by atoms with Crippen LogP contribution >= 0.6 is 11.3 Å². The van der Waals surface area contributed by atoms with E-state index >= 15 is 0 Å². The maximum Gasteiger partial charge on any atom is 0.293 e. The van der Waals surface area contributed by atoms with E-state index < -0.39 is 17.3 Å². The Bertz CT molecular complexity index is 964. The lowest BCUT2D eigenvalue weighted by atomic mass is 10.2. The summed E-state index contributed by atoms with van der Waals surface area (Å²) in [4.78, 5) is 12.0. The molecule has 1 N–H and O–H groups in total. The van der Waals surface area contributed by atoms with Crippen LogP contribution in [0.4, 0.5) is 13.9 Å². The molecule has 0 aliphatic carbocycles. The molecule has 132 valence electrons. The van der Waals surface area contributed by atoms with Crippen LogP contribution in [0.1, 0.15) is 33.3 Å². The molecule has 1 aromatic carbocycles. The average molecular weight is 376 g/mol. The number of hydrogen-bond donors (Lipinski definition) is 1. The number of nitrogens with one attached hydrogen (secondary N) is 1. The van der Waals surface area contributed by atoms with E-state index in [1.54, 1.807) is 24.3 Å². The summed E-state index contributed by atoms with van der Waals surface area (Å²) in [5, 5.41) is 17.5. The summed E-state index contributed by atoms with van der Waals surface area (Å²) in [6, 6.07) is 11.7. The van der Waals surface area contributed by atoms with E-state index in [1.165, 1.54) is 12.1 Å². The van der Waals surface area contributed by atoms with Gasteiger partial charge in [0.15, 0.2) is 10.8 Å². The van der Waals surface area contributed by atoms with Crippen LogP contribution in [-0.4, -0.2) is 16.1 Å². The van der Waals surface area contributed by atoms with Crippen molar-refractivity contribution in [1.82, 2.24) is 10.2 Å². The van der Waals surface area contributed by atoms with Crippen molar-refractivity contribution in [2.75, 3.05) is 5.32 Å². The number of para-hydroxylation sites is 1. The van der Waals surface area contributed by atoms with Gasteiger partial charge in [0, 0.05) is 0 Å². The first-order chi connectivity index (χ1) is 12.6. The van der Waals surface area contributed by atoms with Crippen molar-refractivity contribution >= 4 is 22.4 Å². The van der Waals surface area contributed by atoms with E-state index in [2.05, 4.69) is 15.5 Å². The highest BCUT2D eigenvalue weighted by Crippen LogP contribution is 2.25. The van der Waals surface area contributed by atoms with Gasteiger partial charge < -0.3 is 9.15 Å². The predicted molar refractivity (Wildman–Crippen MR) is 87.0 cm³/mol. The lowest BCUT2D eigenvalue weighted by Gasteiger charge is -2.05. The van der Waals surface area contributed by atoms with Gasteiger partial charge in [0.25, 0.3) is 12.3 Å². The zero-order chi connectivity index (χ0) is 18.5. The van der Waals surface area contributed by atoms with Gasteiger partial charge in [-0.1, -0.05) is 23.5 Å². The van der Waals surface area contributed by atoms with Gasteiger partial charge in [0.05, 0.1) is 5.56 Å². The fourth-order valence-corrected chi connectivity index (χ4v) is 2.54. The summed E-state index contributed by atoms with van der Waals surface area (Å²) < 4.78 is 35.8. The van der Waals surface area contributed by atoms with Gasteiger partial charge in [0.1, 0.15) is 24.2 Å². The smallest absolute Gasteiger partial charge is 0.293 e. The Kier molecular flexibility index (Phi) is 5.19. The number of benzene rings is 1. The summed E-state index contributed by atoms with van der Waals surface area (Å²) in [5.74, 6) is 0.0656. The Morgan fingerprint density at radius 2 is 2.12 bits per heavy atom. The summed E-state index contributed by atoms with van der Waals surface area (Å²) >= 11 is 0.581. The number of aromatic nitrogens is 2. The number of furan rings is 1. The maximum atomic E-state index is 12.5. The lowest BCUT2D eigenvalue weighted by molar-refractivity contribution is 0.0992. The highest BCUT2D eigenvalue weighted by Gasteiger charge is 2.18. The van der Waals surface area contributed by atoms with E-state index in [0.717, 1.165) is 0 Å². The molecule has 0 aliphatic heterocycles. The molecule has 7 nitrogen and oxygen atoms in total. The number of nitrogens with zero attached hydrogens (tertiary/aromatic N) is 3. The van der Waals surface area contributed by atoms with Gasteiger partial charge in [-0.2, -0.15) is 5.26 Å². The molecule has 26 heavy (non-hydrogen) atoms. The van der Waals surface area contributed by atoms with E-state index in [9.17, 15) is 13.6 Å². The molecule has 2 aromatic heterocycles. The molecule has 0 radical (unpaired) electrons. The largest absolute Gasteiger partial charge is 0.484 e. The average Bonchev–Trinajstić information content (AvgIpc) is 3.29. The van der Waals surface area contributed by atoms with Crippen LogP contribution in [-0.2, 0) is 6.61 Å². The number of carbonyl (C=O) groups excluding carboxylic acids is 1. The molecule has 3 aromatic rings. The molecule has 0 saturated heterocycles. The van der Waals surface area contributed by atoms with Crippen LogP contribution < -0.4 is 10.1 Å². The summed E-state index contributed by atoms with van der Waals surface area (Å²) in [6.45, 7) is 0.0142. The molecule has 0 aliphatic rings. The number of alkyl halides is 2. The number of anilines is 1. The molecule has 3 rings (SSSR count). The van der Waals surface area contributed by atoms with Crippen molar-refractivity contribution < 1.29 is 22.7 Å². The SMILES string of the molecule is N#Cc1ccccc1OCc1ccc(C(=O)Nc2nnc(C(F)F)s2)o1. The first kappa shape index (κ1) is 17.5. The number of hydrogen-bond acceptors (Lipinski definition) is 7. The van der Waals surface area contributed by atoms with Crippen LogP contribution in [0.25, 0.3) is 0 Å². The minimum Gasteiger partial charge on any atom is -0.484 e. The maximum absolute atomic E-state index is 12.5. The number of amides is 1. The van der Waals surface area contributed by atoms with Crippen molar-refractivity contribution in [2.45, 2.75) is 13.0 Å². The minimum absolute atomic E-state index is 0.0142. The molecule has 0 saturated carbocycles. The minimum atomic E-state index is -2.75. The second-order valence-electron chi connectivity index (χ2n) is 4.86. The van der Waals surface area contributed by atoms with Crippen molar-refractivity contribution in [1.29, 1.82) is 5.26 Å². The fourth-order valence-electron chi connectivity index (χ4n) is 1.94. The van der Waals surface area contributed by atoms with Crippen LogP contribution in [0.2, 0.25) is 0 Å². The van der Waals surface area contributed by atoms with Crippen LogP contribution in [0.5, 0.6) is 5.75 Å². The number of ether oxygens (including phenoxy) is 1. The monoisotopic (exact) mass is 376 g/mol. The third-order valence-electron chi connectivity index (χ3n) is 3.11. The first-order valence-electron chi connectivity index (χ1n) is 7.20. The number of carbonyl (C=O) groups is 1. The zero-order valence-corrected chi connectivity index (χ0v) is 13.8. The zero-order valence-electron chi connectivity index (χ0n) is 13.0. The summed E-state index contributed by atoms with van der Waals surface area (Å²) in [7, 11) is 0.